The van der Waals surface area contributed by atoms with Crippen molar-refractivity contribution in [1.29, 1.82) is 0 Å². The van der Waals surface area contributed by atoms with Crippen LogP contribution in [-0.4, -0.2) is 19.8 Å². The summed E-state index contributed by atoms with van der Waals surface area (Å²) >= 11 is 0. The lowest BCUT2D eigenvalue weighted by Gasteiger charge is -2.29. The van der Waals surface area contributed by atoms with Crippen molar-refractivity contribution in [2.45, 2.75) is 52.9 Å². The monoisotopic (exact) mass is 201 g/mol. The third-order valence-corrected chi connectivity index (χ3v) is 3.35. The number of hydrogen-bond acceptors (Lipinski definition) is 2. The number of rotatable bonds is 9. The Morgan fingerprint density at radius 2 is 1.71 bits per heavy atom. The molecule has 14 heavy (non-hydrogen) atoms. The van der Waals surface area contributed by atoms with Gasteiger partial charge in [0.1, 0.15) is 0 Å². The highest BCUT2D eigenvalue weighted by molar-refractivity contribution is 4.77. The molecule has 0 aromatic carbocycles. The molecule has 0 spiro atoms. The van der Waals surface area contributed by atoms with Crippen LogP contribution in [0, 0.1) is 5.41 Å². The quantitative estimate of drug-likeness (QED) is 0.582. The van der Waals surface area contributed by atoms with Gasteiger partial charge in [0.25, 0.3) is 0 Å². The topological polar surface area (TPSA) is 35.2 Å². The Labute approximate surface area is 89.2 Å². The van der Waals surface area contributed by atoms with E-state index in [-0.39, 0.29) is 0 Å². The van der Waals surface area contributed by atoms with E-state index in [1.54, 1.807) is 0 Å². The maximum Gasteiger partial charge on any atom is 0.0471 e. The molecule has 0 aliphatic carbocycles. The molecule has 0 aliphatic rings. The highest BCUT2D eigenvalue weighted by Crippen LogP contribution is 2.28. The third kappa shape index (κ3) is 4.97. The van der Waals surface area contributed by atoms with Gasteiger partial charge < -0.3 is 10.5 Å². The summed E-state index contributed by atoms with van der Waals surface area (Å²) in [6, 6.07) is 0. The lowest BCUT2D eigenvalue weighted by molar-refractivity contribution is 0.0898. The molecule has 0 rings (SSSR count). The van der Waals surface area contributed by atoms with Crippen LogP contribution < -0.4 is 5.73 Å². The maximum absolute atomic E-state index is 5.81. The van der Waals surface area contributed by atoms with Crippen LogP contribution in [0.25, 0.3) is 0 Å². The van der Waals surface area contributed by atoms with Crippen LogP contribution >= 0.6 is 0 Å². The largest absolute Gasteiger partial charge is 0.381 e. The van der Waals surface area contributed by atoms with E-state index in [1.165, 1.54) is 12.8 Å². The highest BCUT2D eigenvalue weighted by atomic mass is 16.5. The van der Waals surface area contributed by atoms with Gasteiger partial charge in [0, 0.05) is 13.2 Å². The van der Waals surface area contributed by atoms with Crippen LogP contribution in [0.3, 0.4) is 0 Å². The zero-order valence-corrected chi connectivity index (χ0v) is 10.1. The molecule has 0 atom stereocenters. The minimum atomic E-state index is 0.326. The molecule has 0 unspecified atom stereocenters. The zero-order chi connectivity index (χ0) is 10.9. The summed E-state index contributed by atoms with van der Waals surface area (Å²) in [6.07, 6.45) is 5.83. The van der Waals surface area contributed by atoms with Crippen molar-refractivity contribution in [1.82, 2.24) is 0 Å². The Hall–Kier alpha value is -0.0800. The summed E-state index contributed by atoms with van der Waals surface area (Å²) in [5.74, 6) is 0. The second-order valence-corrected chi connectivity index (χ2v) is 4.13. The summed E-state index contributed by atoms with van der Waals surface area (Å²) in [5.41, 5.74) is 6.14. The van der Waals surface area contributed by atoms with Crippen molar-refractivity contribution < 1.29 is 4.74 Å². The van der Waals surface area contributed by atoms with Crippen LogP contribution in [0.4, 0.5) is 0 Å². The second-order valence-electron chi connectivity index (χ2n) is 4.13. The van der Waals surface area contributed by atoms with Crippen LogP contribution in [0.2, 0.25) is 0 Å². The Morgan fingerprint density at radius 1 is 1.07 bits per heavy atom. The van der Waals surface area contributed by atoms with Crippen molar-refractivity contribution in [2.75, 3.05) is 19.8 Å². The van der Waals surface area contributed by atoms with E-state index in [0.717, 1.165) is 39.0 Å². The van der Waals surface area contributed by atoms with Gasteiger partial charge in [-0.2, -0.15) is 0 Å². The number of hydrogen-bond donors (Lipinski definition) is 1. The fourth-order valence-electron chi connectivity index (χ4n) is 1.63. The maximum atomic E-state index is 5.81. The first-order valence-corrected chi connectivity index (χ1v) is 6.02. The summed E-state index contributed by atoms with van der Waals surface area (Å²) < 4.78 is 5.58. The summed E-state index contributed by atoms with van der Waals surface area (Å²) in [5, 5.41) is 0. The Bertz CT molecular complexity index is 113. The molecule has 0 bridgehead atoms. The fourth-order valence-corrected chi connectivity index (χ4v) is 1.63. The van der Waals surface area contributed by atoms with Crippen molar-refractivity contribution in [3.05, 3.63) is 0 Å². The third-order valence-electron chi connectivity index (χ3n) is 3.35. The standard InChI is InChI=1S/C12H27NO/c1-4-7-9-14-10-8-12(5-2,6-3)11-13/h4-11,13H2,1-3H3. The van der Waals surface area contributed by atoms with E-state index in [9.17, 15) is 0 Å². The Balaban J connectivity index is 3.61. The minimum absolute atomic E-state index is 0.326. The van der Waals surface area contributed by atoms with E-state index < -0.39 is 0 Å². The van der Waals surface area contributed by atoms with Gasteiger partial charge in [-0.3, -0.25) is 0 Å². The van der Waals surface area contributed by atoms with Gasteiger partial charge in [-0.15, -0.1) is 0 Å². The first kappa shape index (κ1) is 13.9. The Kier molecular flexibility index (Phi) is 8.20. The van der Waals surface area contributed by atoms with Crippen LogP contribution in [0.15, 0.2) is 0 Å². The molecule has 0 heterocycles. The van der Waals surface area contributed by atoms with Gasteiger partial charge in [0.05, 0.1) is 0 Å². The minimum Gasteiger partial charge on any atom is -0.381 e. The lowest BCUT2D eigenvalue weighted by atomic mass is 9.80. The molecular formula is C12H27NO. The lowest BCUT2D eigenvalue weighted by Crippen LogP contribution is -2.30. The van der Waals surface area contributed by atoms with E-state index >= 15 is 0 Å². The van der Waals surface area contributed by atoms with E-state index in [4.69, 9.17) is 10.5 Å². The summed E-state index contributed by atoms with van der Waals surface area (Å²) in [6.45, 7) is 9.21. The van der Waals surface area contributed by atoms with Gasteiger partial charge in [-0.1, -0.05) is 27.2 Å². The van der Waals surface area contributed by atoms with Crippen molar-refractivity contribution in [3.8, 4) is 0 Å². The molecule has 0 amide bonds. The molecule has 0 aromatic rings. The molecule has 2 N–H and O–H groups in total. The molecule has 2 nitrogen and oxygen atoms in total. The second kappa shape index (κ2) is 8.25. The molecule has 0 fully saturated rings. The molecule has 0 saturated carbocycles. The highest BCUT2D eigenvalue weighted by Gasteiger charge is 2.23. The SMILES string of the molecule is CCCCOCCC(CC)(CC)CN. The van der Waals surface area contributed by atoms with Crippen molar-refractivity contribution in [3.63, 3.8) is 0 Å². The molecule has 0 aromatic heterocycles. The van der Waals surface area contributed by atoms with E-state index in [2.05, 4.69) is 20.8 Å². The average Bonchev–Trinajstić information content (AvgIpc) is 2.24. The van der Waals surface area contributed by atoms with Gasteiger partial charge in [0.15, 0.2) is 0 Å². The number of ether oxygens (including phenoxy) is 1. The smallest absolute Gasteiger partial charge is 0.0471 e. The molecule has 0 saturated heterocycles. The fraction of sp³-hybridized carbons (Fsp3) is 1.00. The van der Waals surface area contributed by atoms with Gasteiger partial charge in [-0.25, -0.2) is 0 Å². The van der Waals surface area contributed by atoms with Gasteiger partial charge in [-0.05, 0) is 37.6 Å². The number of nitrogens with two attached hydrogens (primary N) is 1. The van der Waals surface area contributed by atoms with Crippen molar-refractivity contribution >= 4 is 0 Å². The molecule has 86 valence electrons. The van der Waals surface area contributed by atoms with Crippen LogP contribution in [0.5, 0.6) is 0 Å². The first-order valence-electron chi connectivity index (χ1n) is 6.02. The molecule has 0 radical (unpaired) electrons. The van der Waals surface area contributed by atoms with Crippen LogP contribution in [0.1, 0.15) is 52.9 Å². The predicted octanol–water partition coefficient (Wildman–Crippen LogP) is 2.96. The van der Waals surface area contributed by atoms with Gasteiger partial charge >= 0.3 is 0 Å². The average molecular weight is 201 g/mol. The van der Waals surface area contributed by atoms with Crippen LogP contribution in [-0.2, 0) is 4.74 Å². The van der Waals surface area contributed by atoms with Gasteiger partial charge in [0.2, 0.25) is 0 Å². The first-order chi connectivity index (χ1) is 6.74. The molecule has 0 aliphatic heterocycles. The predicted molar refractivity (Wildman–Crippen MR) is 62.4 cm³/mol. The number of unbranched alkanes of at least 4 members (excludes halogenated alkanes) is 1. The normalized spacial score (nSPS) is 12.0. The van der Waals surface area contributed by atoms with E-state index in [0.29, 0.717) is 5.41 Å². The summed E-state index contributed by atoms with van der Waals surface area (Å²) in [4.78, 5) is 0. The molecule has 2 heteroatoms. The van der Waals surface area contributed by atoms with Crippen molar-refractivity contribution in [2.24, 2.45) is 11.1 Å². The molecular weight excluding hydrogens is 174 g/mol. The zero-order valence-electron chi connectivity index (χ0n) is 10.1. The van der Waals surface area contributed by atoms with E-state index in [1.807, 2.05) is 0 Å². The Morgan fingerprint density at radius 3 is 2.14 bits per heavy atom. The summed E-state index contributed by atoms with van der Waals surface area (Å²) in [7, 11) is 0.